The van der Waals surface area contributed by atoms with Crippen molar-refractivity contribution in [2.45, 2.75) is 5.41 Å². The van der Waals surface area contributed by atoms with Crippen molar-refractivity contribution in [3.05, 3.63) is 253 Å². The first-order chi connectivity index (χ1) is 33.7. The molecular formula is C61H38N6O. The molecule has 0 radical (unpaired) electrons. The van der Waals surface area contributed by atoms with E-state index in [1.165, 1.54) is 0 Å². The SMILES string of the molecule is c1ccc(-c2cccc(-c3nc(-c4ccccc4)nc(-c4ccc5c(c4)-c4cccc(-c6nc(-c7ccccc7)nc(-c7ccccc7)n6)c4C54c5ccccc5Oc5ccccc54)n3)c2)cc1. The smallest absolute Gasteiger partial charge is 0.164 e. The molecule has 11 aromatic rings. The number of hydrogen-bond acceptors (Lipinski definition) is 7. The summed E-state index contributed by atoms with van der Waals surface area (Å²) in [6.45, 7) is 0. The first-order valence-electron chi connectivity index (χ1n) is 22.7. The van der Waals surface area contributed by atoms with Crippen LogP contribution in [0, 0.1) is 0 Å². The summed E-state index contributed by atoms with van der Waals surface area (Å²) in [6.07, 6.45) is 0. The molecule has 0 fully saturated rings. The van der Waals surface area contributed by atoms with Crippen LogP contribution in [0.4, 0.5) is 0 Å². The van der Waals surface area contributed by atoms with Gasteiger partial charge in [0.05, 0.1) is 5.41 Å². The van der Waals surface area contributed by atoms with Crippen LogP contribution in [0.25, 0.3) is 90.6 Å². The van der Waals surface area contributed by atoms with Crippen LogP contribution in [0.1, 0.15) is 22.3 Å². The van der Waals surface area contributed by atoms with Gasteiger partial charge in [0.15, 0.2) is 34.9 Å². The van der Waals surface area contributed by atoms with Crippen LogP contribution < -0.4 is 4.74 Å². The molecule has 0 atom stereocenters. The van der Waals surface area contributed by atoms with Crippen LogP contribution in [-0.2, 0) is 5.41 Å². The zero-order valence-corrected chi connectivity index (χ0v) is 36.5. The quantitative estimate of drug-likeness (QED) is 0.158. The maximum absolute atomic E-state index is 6.77. The number of hydrogen-bond donors (Lipinski definition) is 0. The predicted octanol–water partition coefficient (Wildman–Crippen LogP) is 14.2. The molecule has 7 nitrogen and oxygen atoms in total. The normalized spacial score (nSPS) is 12.6. The number of rotatable bonds is 7. The highest BCUT2D eigenvalue weighted by molar-refractivity contribution is 5.95. The van der Waals surface area contributed by atoms with Gasteiger partial charge in [0.1, 0.15) is 11.5 Å². The maximum Gasteiger partial charge on any atom is 0.164 e. The number of benzene rings is 9. The molecule has 1 aliphatic carbocycles. The van der Waals surface area contributed by atoms with Crippen molar-refractivity contribution in [2.24, 2.45) is 0 Å². The highest BCUT2D eigenvalue weighted by Gasteiger charge is 2.52. The molecule has 1 aliphatic heterocycles. The zero-order valence-electron chi connectivity index (χ0n) is 36.5. The molecule has 318 valence electrons. The fourth-order valence-corrected chi connectivity index (χ4v) is 10.0. The van der Waals surface area contributed by atoms with Gasteiger partial charge in [-0.15, -0.1) is 0 Å². The Hall–Kier alpha value is -9.20. The minimum absolute atomic E-state index is 0.575. The maximum atomic E-state index is 6.77. The summed E-state index contributed by atoms with van der Waals surface area (Å²) in [5.41, 5.74) is 13.1. The lowest BCUT2D eigenvalue weighted by Gasteiger charge is -2.40. The summed E-state index contributed by atoms with van der Waals surface area (Å²) in [5.74, 6) is 5.13. The van der Waals surface area contributed by atoms with E-state index in [4.69, 9.17) is 34.6 Å². The highest BCUT2D eigenvalue weighted by Crippen LogP contribution is 2.64. The Morgan fingerprint density at radius 1 is 0.250 bits per heavy atom. The molecule has 1 spiro atoms. The summed E-state index contributed by atoms with van der Waals surface area (Å²) >= 11 is 0. The molecule has 0 unspecified atom stereocenters. The number of fused-ring (bicyclic) bond motifs is 9. The van der Waals surface area contributed by atoms with Crippen LogP contribution in [0.15, 0.2) is 231 Å². The van der Waals surface area contributed by atoms with Crippen LogP contribution in [0.2, 0.25) is 0 Å². The van der Waals surface area contributed by atoms with Crippen molar-refractivity contribution >= 4 is 0 Å². The molecule has 7 heteroatoms. The molecule has 0 saturated carbocycles. The monoisotopic (exact) mass is 870 g/mol. The van der Waals surface area contributed by atoms with E-state index >= 15 is 0 Å². The van der Waals surface area contributed by atoms with Crippen LogP contribution >= 0.6 is 0 Å². The summed E-state index contributed by atoms with van der Waals surface area (Å²) < 4.78 is 6.77. The van der Waals surface area contributed by atoms with Gasteiger partial charge in [-0.1, -0.05) is 206 Å². The Kier molecular flexibility index (Phi) is 9.25. The largest absolute Gasteiger partial charge is 0.457 e. The van der Waals surface area contributed by atoms with E-state index < -0.39 is 5.41 Å². The Morgan fingerprint density at radius 2 is 0.647 bits per heavy atom. The lowest BCUT2D eigenvalue weighted by Crippen LogP contribution is -2.32. The predicted molar refractivity (Wildman–Crippen MR) is 269 cm³/mol. The molecular weight excluding hydrogens is 833 g/mol. The molecule has 13 rings (SSSR count). The third-order valence-electron chi connectivity index (χ3n) is 13.0. The third-order valence-corrected chi connectivity index (χ3v) is 13.0. The van der Waals surface area contributed by atoms with E-state index in [1.54, 1.807) is 0 Å². The number of ether oxygens (including phenoxy) is 1. The first kappa shape index (κ1) is 39.2. The van der Waals surface area contributed by atoms with Crippen molar-refractivity contribution in [3.8, 4) is 102 Å². The second-order valence-corrected chi connectivity index (χ2v) is 17.0. The van der Waals surface area contributed by atoms with Crippen molar-refractivity contribution in [1.82, 2.24) is 29.9 Å². The fraction of sp³-hybridized carbons (Fsp3) is 0.0164. The second-order valence-electron chi connectivity index (χ2n) is 17.0. The Morgan fingerprint density at radius 3 is 1.19 bits per heavy atom. The van der Waals surface area contributed by atoms with E-state index in [1.807, 2.05) is 109 Å². The fourth-order valence-electron chi connectivity index (χ4n) is 10.0. The minimum Gasteiger partial charge on any atom is -0.457 e. The van der Waals surface area contributed by atoms with E-state index in [2.05, 4.69) is 121 Å². The van der Waals surface area contributed by atoms with Gasteiger partial charge >= 0.3 is 0 Å². The van der Waals surface area contributed by atoms with Crippen molar-refractivity contribution in [1.29, 1.82) is 0 Å². The van der Waals surface area contributed by atoms with Gasteiger partial charge in [-0.05, 0) is 57.6 Å². The molecule has 9 aromatic carbocycles. The second kappa shape index (κ2) is 16.0. The topological polar surface area (TPSA) is 86.6 Å². The average Bonchev–Trinajstić information content (AvgIpc) is 3.71. The van der Waals surface area contributed by atoms with Crippen molar-refractivity contribution in [2.75, 3.05) is 0 Å². The van der Waals surface area contributed by atoms with Gasteiger partial charge in [-0.25, -0.2) is 29.9 Å². The van der Waals surface area contributed by atoms with Gasteiger partial charge < -0.3 is 4.74 Å². The Labute approximate surface area is 393 Å². The van der Waals surface area contributed by atoms with Crippen LogP contribution in [0.3, 0.4) is 0 Å². The molecule has 68 heavy (non-hydrogen) atoms. The van der Waals surface area contributed by atoms with Crippen LogP contribution in [-0.4, -0.2) is 29.9 Å². The number of nitrogens with zero attached hydrogens (tertiary/aromatic N) is 6. The van der Waals surface area contributed by atoms with Crippen LogP contribution in [0.5, 0.6) is 11.5 Å². The van der Waals surface area contributed by atoms with Gasteiger partial charge in [0.2, 0.25) is 0 Å². The molecule has 0 bridgehead atoms. The summed E-state index contributed by atoms with van der Waals surface area (Å²) in [7, 11) is 0. The van der Waals surface area contributed by atoms with Gasteiger partial charge in [-0.3, -0.25) is 0 Å². The standard InChI is InChI=1S/C61H38N6O/c1-5-19-39(20-6-1)43-27-17-28-44(37-43)58-63-55(40-21-7-2-8-22-40)64-59(65-58)45-35-36-49-48(38-45)46-29-18-30-47(54(46)61(49)50-31-13-15-33-52(50)68-53-34-16-14-32-51(53)61)60-66-56(41-23-9-3-10-24-41)62-57(67-60)42-25-11-4-12-26-42/h1-38H. The summed E-state index contributed by atoms with van der Waals surface area (Å²) in [5, 5.41) is 0. The zero-order chi connectivity index (χ0) is 45.0. The van der Waals surface area contributed by atoms with E-state index in [-0.39, 0.29) is 0 Å². The molecule has 0 saturated heterocycles. The average molecular weight is 871 g/mol. The summed E-state index contributed by atoms with van der Waals surface area (Å²) in [4.78, 5) is 31.3. The Bertz CT molecular complexity index is 3610. The molecule has 2 aromatic heterocycles. The third kappa shape index (κ3) is 6.43. The van der Waals surface area contributed by atoms with E-state index in [9.17, 15) is 0 Å². The van der Waals surface area contributed by atoms with E-state index in [0.29, 0.717) is 34.9 Å². The summed E-state index contributed by atoms with van der Waals surface area (Å²) in [6, 6.07) is 79.1. The van der Waals surface area contributed by atoms with Crippen molar-refractivity contribution in [3.63, 3.8) is 0 Å². The number of para-hydroxylation sites is 2. The van der Waals surface area contributed by atoms with Gasteiger partial charge in [-0.2, -0.15) is 0 Å². The lowest BCUT2D eigenvalue weighted by molar-refractivity contribution is 0.436. The van der Waals surface area contributed by atoms with Gasteiger partial charge in [0, 0.05) is 44.5 Å². The molecule has 0 N–H and O–H groups in total. The van der Waals surface area contributed by atoms with E-state index in [0.717, 1.165) is 89.4 Å². The molecule has 0 amide bonds. The van der Waals surface area contributed by atoms with Gasteiger partial charge in [0.25, 0.3) is 0 Å². The molecule has 3 heterocycles. The first-order valence-corrected chi connectivity index (χ1v) is 22.7. The minimum atomic E-state index is -0.824. The Balaban J connectivity index is 1.07. The molecule has 2 aliphatic rings. The highest BCUT2D eigenvalue weighted by atomic mass is 16.5. The van der Waals surface area contributed by atoms with Crippen molar-refractivity contribution < 1.29 is 4.74 Å². The number of aromatic nitrogens is 6. The lowest BCUT2D eigenvalue weighted by atomic mass is 9.65.